The first-order chi connectivity index (χ1) is 7.90. The lowest BCUT2D eigenvalue weighted by Crippen LogP contribution is -2.62. The van der Waals surface area contributed by atoms with Crippen molar-refractivity contribution in [2.24, 2.45) is 5.73 Å². The van der Waals surface area contributed by atoms with Gasteiger partial charge in [0.2, 0.25) is 5.91 Å². The van der Waals surface area contributed by atoms with Gasteiger partial charge in [-0.25, -0.2) is 0 Å². The number of rotatable bonds is 5. The second-order valence-electron chi connectivity index (χ2n) is 5.53. The van der Waals surface area contributed by atoms with Gasteiger partial charge in [0.1, 0.15) is 5.54 Å². The fourth-order valence-corrected chi connectivity index (χ4v) is 2.76. The molecule has 0 aromatic rings. The molecule has 100 valence electrons. The first kappa shape index (κ1) is 14.5. The van der Waals surface area contributed by atoms with Crippen LogP contribution < -0.4 is 11.1 Å². The van der Waals surface area contributed by atoms with Crippen molar-refractivity contribution in [2.75, 3.05) is 13.1 Å². The third kappa shape index (κ3) is 3.42. The Kier molecular flexibility index (Phi) is 4.95. The number of likely N-dealkylation sites (N-methyl/N-ethyl adjacent to an activating group) is 1. The number of nitrogens with zero attached hydrogens (tertiary/aromatic N) is 1. The molecule has 1 fully saturated rings. The van der Waals surface area contributed by atoms with E-state index >= 15 is 0 Å². The van der Waals surface area contributed by atoms with Gasteiger partial charge in [0.15, 0.2) is 0 Å². The highest BCUT2D eigenvalue weighted by Gasteiger charge is 2.36. The van der Waals surface area contributed by atoms with Crippen LogP contribution in [-0.4, -0.2) is 41.5 Å². The molecule has 4 heteroatoms. The summed E-state index contributed by atoms with van der Waals surface area (Å²) in [4.78, 5) is 14.0. The zero-order chi connectivity index (χ0) is 13.1. The molecule has 0 aromatic heterocycles. The van der Waals surface area contributed by atoms with E-state index in [0.717, 1.165) is 6.54 Å². The van der Waals surface area contributed by atoms with Gasteiger partial charge in [-0.05, 0) is 40.2 Å². The van der Waals surface area contributed by atoms with Gasteiger partial charge in [0, 0.05) is 18.6 Å². The summed E-state index contributed by atoms with van der Waals surface area (Å²) >= 11 is 0. The van der Waals surface area contributed by atoms with Gasteiger partial charge in [-0.15, -0.1) is 0 Å². The van der Waals surface area contributed by atoms with Crippen LogP contribution in [0.15, 0.2) is 0 Å². The number of amides is 1. The molecule has 4 nitrogen and oxygen atoms in total. The topological polar surface area (TPSA) is 58.4 Å². The maximum Gasteiger partial charge on any atom is 0.238 e. The fraction of sp³-hybridized carbons (Fsp3) is 0.923. The molecule has 1 unspecified atom stereocenters. The number of nitrogens with one attached hydrogen (secondary N) is 1. The lowest BCUT2D eigenvalue weighted by molar-refractivity contribution is -0.125. The molecule has 17 heavy (non-hydrogen) atoms. The predicted octanol–water partition coefficient (Wildman–Crippen LogP) is 1.10. The van der Waals surface area contributed by atoms with E-state index in [2.05, 4.69) is 24.1 Å². The summed E-state index contributed by atoms with van der Waals surface area (Å²) in [6.45, 7) is 9.86. The van der Waals surface area contributed by atoms with E-state index in [9.17, 15) is 4.79 Å². The molecule has 1 amide bonds. The van der Waals surface area contributed by atoms with Crippen LogP contribution >= 0.6 is 0 Å². The van der Waals surface area contributed by atoms with Gasteiger partial charge in [0.25, 0.3) is 0 Å². The van der Waals surface area contributed by atoms with Gasteiger partial charge in [-0.2, -0.15) is 0 Å². The molecule has 0 spiro atoms. The number of primary amides is 1. The van der Waals surface area contributed by atoms with Gasteiger partial charge in [0.05, 0.1) is 0 Å². The van der Waals surface area contributed by atoms with Crippen LogP contribution in [0.1, 0.15) is 47.0 Å². The average molecular weight is 241 g/mol. The summed E-state index contributed by atoms with van der Waals surface area (Å²) in [6, 6.07) is 1.08. The lowest BCUT2D eigenvalue weighted by Gasteiger charge is -2.43. The highest BCUT2D eigenvalue weighted by Crippen LogP contribution is 2.24. The SMILES string of the molecule is CCNC(C)(CN1[C@H](C)CCC[C@@H]1C)C(N)=O. The Morgan fingerprint density at radius 3 is 2.35 bits per heavy atom. The molecule has 1 saturated heterocycles. The Bertz CT molecular complexity index is 259. The first-order valence-corrected chi connectivity index (χ1v) is 6.71. The monoisotopic (exact) mass is 241 g/mol. The first-order valence-electron chi connectivity index (χ1n) is 6.71. The number of carbonyl (C=O) groups excluding carboxylic acids is 1. The number of carbonyl (C=O) groups is 1. The van der Waals surface area contributed by atoms with Crippen molar-refractivity contribution in [1.82, 2.24) is 10.2 Å². The molecule has 1 heterocycles. The van der Waals surface area contributed by atoms with Crippen LogP contribution in [0.2, 0.25) is 0 Å². The van der Waals surface area contributed by atoms with E-state index in [4.69, 9.17) is 5.73 Å². The Hall–Kier alpha value is -0.610. The van der Waals surface area contributed by atoms with Crippen molar-refractivity contribution in [2.45, 2.75) is 64.6 Å². The molecule has 0 saturated carbocycles. The molecule has 1 aliphatic heterocycles. The van der Waals surface area contributed by atoms with Crippen molar-refractivity contribution >= 4 is 5.91 Å². The van der Waals surface area contributed by atoms with Crippen LogP contribution in [0, 0.1) is 0 Å². The smallest absolute Gasteiger partial charge is 0.238 e. The molecule has 0 radical (unpaired) electrons. The van der Waals surface area contributed by atoms with E-state index in [1.165, 1.54) is 19.3 Å². The van der Waals surface area contributed by atoms with Gasteiger partial charge < -0.3 is 11.1 Å². The molecule has 3 N–H and O–H groups in total. The molecule has 1 rings (SSSR count). The number of piperidine rings is 1. The molecular weight excluding hydrogens is 214 g/mol. The Morgan fingerprint density at radius 2 is 1.94 bits per heavy atom. The van der Waals surface area contributed by atoms with Crippen LogP contribution in [0.5, 0.6) is 0 Å². The quantitative estimate of drug-likeness (QED) is 0.758. The maximum atomic E-state index is 11.6. The highest BCUT2D eigenvalue weighted by molar-refractivity contribution is 5.84. The van der Waals surface area contributed by atoms with Crippen LogP contribution in [0.3, 0.4) is 0 Å². The molecule has 3 atom stereocenters. The van der Waals surface area contributed by atoms with E-state index in [-0.39, 0.29) is 5.91 Å². The molecule has 0 bridgehead atoms. The van der Waals surface area contributed by atoms with Crippen molar-refractivity contribution in [3.05, 3.63) is 0 Å². The molecule has 0 aromatic carbocycles. The maximum absolute atomic E-state index is 11.6. The van der Waals surface area contributed by atoms with Crippen LogP contribution in [0.4, 0.5) is 0 Å². The van der Waals surface area contributed by atoms with Gasteiger partial charge >= 0.3 is 0 Å². The summed E-state index contributed by atoms with van der Waals surface area (Å²) < 4.78 is 0. The predicted molar refractivity (Wildman–Crippen MR) is 70.8 cm³/mol. The highest BCUT2D eigenvalue weighted by atomic mass is 16.1. The number of hydrogen-bond donors (Lipinski definition) is 2. The second kappa shape index (κ2) is 5.83. The molecule has 1 aliphatic rings. The number of likely N-dealkylation sites (tertiary alicyclic amines) is 1. The average Bonchev–Trinajstić information content (AvgIpc) is 2.24. The second-order valence-corrected chi connectivity index (χ2v) is 5.53. The Balaban J connectivity index is 2.74. The summed E-state index contributed by atoms with van der Waals surface area (Å²) in [5.74, 6) is -0.260. The minimum absolute atomic E-state index is 0.260. The molecular formula is C13H27N3O. The van der Waals surface area contributed by atoms with Crippen LogP contribution in [-0.2, 0) is 4.79 Å². The molecule has 0 aliphatic carbocycles. The number of hydrogen-bond acceptors (Lipinski definition) is 3. The Labute approximate surface area is 105 Å². The van der Waals surface area contributed by atoms with Crippen molar-refractivity contribution in [3.8, 4) is 0 Å². The zero-order valence-corrected chi connectivity index (χ0v) is 11.6. The summed E-state index contributed by atoms with van der Waals surface area (Å²) in [5.41, 5.74) is 4.92. The zero-order valence-electron chi connectivity index (χ0n) is 11.6. The van der Waals surface area contributed by atoms with E-state index in [1.807, 2.05) is 13.8 Å². The fourth-order valence-electron chi connectivity index (χ4n) is 2.76. The van der Waals surface area contributed by atoms with Gasteiger partial charge in [-0.3, -0.25) is 9.69 Å². The minimum atomic E-state index is -0.616. The summed E-state index contributed by atoms with van der Waals surface area (Å²) in [5, 5.41) is 3.23. The summed E-state index contributed by atoms with van der Waals surface area (Å²) in [6.07, 6.45) is 3.71. The number of nitrogens with two attached hydrogens (primary N) is 1. The van der Waals surface area contributed by atoms with Crippen molar-refractivity contribution < 1.29 is 4.79 Å². The van der Waals surface area contributed by atoms with Crippen molar-refractivity contribution in [1.29, 1.82) is 0 Å². The van der Waals surface area contributed by atoms with Crippen LogP contribution in [0.25, 0.3) is 0 Å². The normalized spacial score (nSPS) is 29.9. The van der Waals surface area contributed by atoms with Crippen molar-refractivity contribution in [3.63, 3.8) is 0 Å². The van der Waals surface area contributed by atoms with E-state index in [0.29, 0.717) is 18.6 Å². The van der Waals surface area contributed by atoms with Gasteiger partial charge in [-0.1, -0.05) is 13.3 Å². The minimum Gasteiger partial charge on any atom is -0.368 e. The Morgan fingerprint density at radius 1 is 1.41 bits per heavy atom. The third-order valence-electron chi connectivity index (χ3n) is 3.99. The van der Waals surface area contributed by atoms with E-state index in [1.54, 1.807) is 0 Å². The standard InChI is InChI=1S/C13H27N3O/c1-5-15-13(4,12(14)17)9-16-10(2)7-6-8-11(16)3/h10-11,15H,5-9H2,1-4H3,(H2,14,17)/t10-,11+,13?. The van der Waals surface area contributed by atoms with E-state index < -0.39 is 5.54 Å². The lowest BCUT2D eigenvalue weighted by atomic mass is 9.92. The largest absolute Gasteiger partial charge is 0.368 e. The third-order valence-corrected chi connectivity index (χ3v) is 3.99. The summed E-state index contributed by atoms with van der Waals surface area (Å²) in [7, 11) is 0.